The van der Waals surface area contributed by atoms with E-state index in [0.29, 0.717) is 31.0 Å². The van der Waals surface area contributed by atoms with Crippen molar-refractivity contribution in [1.29, 1.82) is 5.41 Å². The van der Waals surface area contributed by atoms with Gasteiger partial charge >= 0.3 is 6.02 Å². The van der Waals surface area contributed by atoms with E-state index in [1.807, 2.05) is 4.68 Å². The normalized spacial score (nSPS) is 21.8. The van der Waals surface area contributed by atoms with E-state index in [1.54, 1.807) is 30.3 Å². The first-order valence-corrected chi connectivity index (χ1v) is 9.23. The summed E-state index contributed by atoms with van der Waals surface area (Å²) in [5.41, 5.74) is 0.578. The monoisotopic (exact) mass is 384 g/mol. The van der Waals surface area contributed by atoms with Gasteiger partial charge in [0.25, 0.3) is 0 Å². The Kier molecular flexibility index (Phi) is 6.03. The Hall–Kier alpha value is -3.23. The first kappa shape index (κ1) is 19.5. The molecule has 1 aromatic rings. The van der Waals surface area contributed by atoms with Crippen molar-refractivity contribution in [2.45, 2.75) is 32.2 Å². The number of carbonyl (C=O) groups is 2. The van der Waals surface area contributed by atoms with E-state index in [1.165, 1.54) is 12.3 Å². The van der Waals surface area contributed by atoms with Crippen LogP contribution in [0, 0.1) is 11.3 Å². The second-order valence-corrected chi connectivity index (χ2v) is 6.63. The van der Waals surface area contributed by atoms with E-state index < -0.39 is 5.92 Å². The largest absolute Gasteiger partial charge is 0.422 e. The molecule has 28 heavy (non-hydrogen) atoms. The van der Waals surface area contributed by atoms with Crippen LogP contribution in [-0.4, -0.2) is 51.8 Å². The molecule has 0 aliphatic carbocycles. The minimum atomic E-state index is -0.471. The van der Waals surface area contributed by atoms with Gasteiger partial charge in [-0.25, -0.2) is 4.99 Å². The van der Waals surface area contributed by atoms with E-state index >= 15 is 0 Å². The van der Waals surface area contributed by atoms with E-state index in [4.69, 9.17) is 10.1 Å². The van der Waals surface area contributed by atoms with Crippen LogP contribution >= 0.6 is 0 Å². The van der Waals surface area contributed by atoms with Crippen molar-refractivity contribution in [3.63, 3.8) is 0 Å². The number of allylic oxidation sites excluding steroid dienone is 1. The molecule has 3 heterocycles. The van der Waals surface area contributed by atoms with Gasteiger partial charge in [-0.15, -0.1) is 0 Å². The van der Waals surface area contributed by atoms with Crippen LogP contribution in [0.15, 0.2) is 41.8 Å². The SMILES string of the molecule is C=CC(=O)N1CCC(n2cc(OC3=N/C(=C/C)C(CC=N)C(=O)N3)cn2)CC1. The fraction of sp³-hybridized carbons (Fsp3) is 0.421. The number of amidine groups is 1. The third-order valence-corrected chi connectivity index (χ3v) is 4.90. The summed E-state index contributed by atoms with van der Waals surface area (Å²) in [6.07, 6.45) is 9.53. The smallest absolute Gasteiger partial charge is 0.302 e. The number of aromatic nitrogens is 2. The Balaban J connectivity index is 1.64. The third-order valence-electron chi connectivity index (χ3n) is 4.90. The molecule has 0 spiro atoms. The number of hydrogen-bond donors (Lipinski definition) is 2. The molecule has 0 aromatic carbocycles. The van der Waals surface area contributed by atoms with Crippen molar-refractivity contribution in [3.05, 3.63) is 36.8 Å². The van der Waals surface area contributed by atoms with Gasteiger partial charge in [0.05, 0.1) is 30.1 Å². The Morgan fingerprint density at radius 3 is 2.86 bits per heavy atom. The van der Waals surface area contributed by atoms with Crippen LogP contribution in [0.5, 0.6) is 5.75 Å². The molecule has 9 heteroatoms. The first-order chi connectivity index (χ1) is 13.5. The van der Waals surface area contributed by atoms with Crippen LogP contribution in [0.4, 0.5) is 0 Å². The number of nitrogens with one attached hydrogen (secondary N) is 2. The lowest BCUT2D eigenvalue weighted by Gasteiger charge is -2.31. The molecule has 1 unspecified atom stereocenters. The van der Waals surface area contributed by atoms with Crippen molar-refractivity contribution in [3.8, 4) is 5.75 Å². The molecule has 1 aromatic heterocycles. The number of likely N-dealkylation sites (tertiary alicyclic amines) is 1. The highest BCUT2D eigenvalue weighted by atomic mass is 16.5. The quantitative estimate of drug-likeness (QED) is 0.594. The lowest BCUT2D eigenvalue weighted by molar-refractivity contribution is -0.127. The molecule has 2 N–H and O–H groups in total. The number of hydrogen-bond acceptors (Lipinski definition) is 6. The molecule has 3 rings (SSSR count). The molecular weight excluding hydrogens is 360 g/mol. The van der Waals surface area contributed by atoms with Crippen molar-refractivity contribution in [2.75, 3.05) is 13.1 Å². The van der Waals surface area contributed by atoms with Crippen LogP contribution < -0.4 is 10.1 Å². The lowest BCUT2D eigenvalue weighted by atomic mass is 10.00. The van der Waals surface area contributed by atoms with Gasteiger partial charge in [0.1, 0.15) is 0 Å². The second kappa shape index (κ2) is 8.64. The Bertz CT molecular complexity index is 832. The highest BCUT2D eigenvalue weighted by Gasteiger charge is 2.29. The van der Waals surface area contributed by atoms with Crippen LogP contribution in [0.1, 0.15) is 32.2 Å². The average Bonchev–Trinajstić information content (AvgIpc) is 3.17. The summed E-state index contributed by atoms with van der Waals surface area (Å²) in [6.45, 7) is 6.64. The maximum Gasteiger partial charge on any atom is 0.302 e. The van der Waals surface area contributed by atoms with E-state index in [-0.39, 0.29) is 23.9 Å². The molecule has 2 aliphatic heterocycles. The molecular formula is C19H24N6O3. The highest BCUT2D eigenvalue weighted by Crippen LogP contribution is 2.25. The molecule has 0 radical (unpaired) electrons. The van der Waals surface area contributed by atoms with Gasteiger partial charge in [0, 0.05) is 13.1 Å². The van der Waals surface area contributed by atoms with Crippen molar-refractivity contribution in [1.82, 2.24) is 20.0 Å². The highest BCUT2D eigenvalue weighted by molar-refractivity contribution is 6.01. The fourth-order valence-corrected chi connectivity index (χ4v) is 3.37. The van der Waals surface area contributed by atoms with Crippen molar-refractivity contribution < 1.29 is 14.3 Å². The van der Waals surface area contributed by atoms with E-state index in [0.717, 1.165) is 12.8 Å². The number of carbonyl (C=O) groups excluding carboxylic acids is 2. The van der Waals surface area contributed by atoms with Gasteiger partial charge in [-0.1, -0.05) is 12.7 Å². The molecule has 1 saturated heterocycles. The predicted molar refractivity (Wildman–Crippen MR) is 104 cm³/mol. The number of ether oxygens (including phenoxy) is 1. The number of aliphatic imine (C=N–C) groups is 1. The van der Waals surface area contributed by atoms with Gasteiger partial charge < -0.3 is 15.0 Å². The second-order valence-electron chi connectivity index (χ2n) is 6.63. The summed E-state index contributed by atoms with van der Waals surface area (Å²) in [5, 5.41) is 14.2. The number of piperidine rings is 1. The third kappa shape index (κ3) is 4.19. The minimum Gasteiger partial charge on any atom is -0.422 e. The predicted octanol–water partition coefficient (Wildman–Crippen LogP) is 1.66. The average molecular weight is 384 g/mol. The van der Waals surface area contributed by atoms with Crippen LogP contribution in [0.3, 0.4) is 0 Å². The first-order valence-electron chi connectivity index (χ1n) is 9.23. The maximum atomic E-state index is 12.2. The maximum absolute atomic E-state index is 12.2. The molecule has 2 amide bonds. The molecule has 2 aliphatic rings. The van der Waals surface area contributed by atoms with Gasteiger partial charge in [-0.05, 0) is 38.5 Å². The molecule has 1 atom stereocenters. The van der Waals surface area contributed by atoms with Crippen LogP contribution in [-0.2, 0) is 9.59 Å². The minimum absolute atomic E-state index is 0.0462. The van der Waals surface area contributed by atoms with Gasteiger partial charge in [0.15, 0.2) is 5.75 Å². The van der Waals surface area contributed by atoms with E-state index in [9.17, 15) is 9.59 Å². The topological polar surface area (TPSA) is 113 Å². The summed E-state index contributed by atoms with van der Waals surface area (Å²) < 4.78 is 7.52. The summed E-state index contributed by atoms with van der Waals surface area (Å²) in [7, 11) is 0. The van der Waals surface area contributed by atoms with Gasteiger partial charge in [-0.3, -0.25) is 19.6 Å². The van der Waals surface area contributed by atoms with Crippen LogP contribution in [0.2, 0.25) is 0 Å². The van der Waals surface area contributed by atoms with Crippen LogP contribution in [0.25, 0.3) is 0 Å². The molecule has 0 saturated carbocycles. The zero-order valence-corrected chi connectivity index (χ0v) is 15.8. The fourth-order valence-electron chi connectivity index (χ4n) is 3.37. The lowest BCUT2D eigenvalue weighted by Crippen LogP contribution is -2.43. The van der Waals surface area contributed by atoms with E-state index in [2.05, 4.69) is 22.0 Å². The Morgan fingerprint density at radius 2 is 2.21 bits per heavy atom. The molecule has 148 valence electrons. The van der Waals surface area contributed by atoms with Crippen molar-refractivity contribution in [2.24, 2.45) is 10.9 Å². The standard InChI is InChI=1S/C19H24N6O3/c1-3-16-15(5-8-20)18(27)23-19(22-16)28-14-11-21-25(12-14)13-6-9-24(10-7-13)17(26)4-2/h3-4,8,11-13,15,20H,2,5-7,9-10H2,1H3,(H,22,23,27)/b16-3+,20-8?. The molecule has 1 fully saturated rings. The summed E-state index contributed by atoms with van der Waals surface area (Å²) in [6, 6.07) is 0.280. The zero-order valence-electron chi connectivity index (χ0n) is 15.8. The number of amides is 2. The summed E-state index contributed by atoms with van der Waals surface area (Å²) in [4.78, 5) is 30.0. The molecule has 9 nitrogen and oxygen atoms in total. The Morgan fingerprint density at radius 1 is 1.46 bits per heavy atom. The van der Waals surface area contributed by atoms with Gasteiger partial charge in [-0.2, -0.15) is 5.10 Å². The number of rotatable bonds is 5. The number of nitrogens with zero attached hydrogens (tertiary/aromatic N) is 4. The Labute approximate surface area is 163 Å². The summed E-state index contributed by atoms with van der Waals surface area (Å²) in [5.74, 6) is -0.283. The zero-order chi connectivity index (χ0) is 20.1. The van der Waals surface area contributed by atoms with Gasteiger partial charge in [0.2, 0.25) is 11.8 Å². The molecule has 0 bridgehead atoms. The summed E-state index contributed by atoms with van der Waals surface area (Å²) >= 11 is 0. The van der Waals surface area contributed by atoms with Crippen molar-refractivity contribution >= 4 is 24.1 Å².